The Balaban J connectivity index is 2.94. The van der Waals surface area contributed by atoms with Crippen molar-refractivity contribution < 1.29 is 14.4 Å². The maximum absolute atomic E-state index is 13.3. The second kappa shape index (κ2) is 7.31. The molecule has 0 saturated heterocycles. The van der Waals surface area contributed by atoms with E-state index in [1.165, 1.54) is 12.1 Å². The van der Waals surface area contributed by atoms with Crippen molar-refractivity contribution in [1.82, 2.24) is 0 Å². The van der Waals surface area contributed by atoms with Crippen molar-refractivity contribution >= 4 is 40.6 Å². The smallest absolute Gasteiger partial charge is 0.235 e. The lowest BCUT2D eigenvalue weighted by Crippen LogP contribution is -2.34. The molecule has 1 aromatic rings. The van der Waals surface area contributed by atoms with Gasteiger partial charge in [0.1, 0.15) is 0 Å². The minimum atomic E-state index is -0.785. The Labute approximate surface area is 125 Å². The third-order valence-electron chi connectivity index (χ3n) is 2.62. The number of amidine groups is 1. The molecule has 0 heterocycles. The molecule has 1 amide bonds. The number of amides is 1. The van der Waals surface area contributed by atoms with Crippen LogP contribution in [0.4, 0.5) is 10.1 Å². The summed E-state index contributed by atoms with van der Waals surface area (Å²) < 4.78 is 13.3. The number of nitrogens with two attached hydrogens (primary N) is 1. The van der Waals surface area contributed by atoms with Gasteiger partial charge in [0.15, 0.2) is 11.7 Å². The molecule has 20 heavy (non-hydrogen) atoms. The lowest BCUT2D eigenvalue weighted by atomic mass is 10.0. The Bertz CT molecular complexity index is 514. The van der Waals surface area contributed by atoms with Gasteiger partial charge in [-0.25, -0.2) is 4.39 Å². The second-order valence-corrected chi connectivity index (χ2v) is 4.92. The van der Waals surface area contributed by atoms with Crippen LogP contribution in [-0.2, 0) is 4.79 Å². The third kappa shape index (κ3) is 3.98. The summed E-state index contributed by atoms with van der Waals surface area (Å²) in [5.41, 5.74) is 5.70. The van der Waals surface area contributed by atoms with Gasteiger partial charge in [-0.2, -0.15) is 0 Å². The lowest BCUT2D eigenvalue weighted by Gasteiger charge is -2.15. The first kappa shape index (κ1) is 16.5. The molecule has 0 bridgehead atoms. The molecule has 0 spiro atoms. The van der Waals surface area contributed by atoms with E-state index < -0.39 is 17.6 Å². The summed E-state index contributed by atoms with van der Waals surface area (Å²) in [6.45, 7) is 1.86. The van der Waals surface area contributed by atoms with E-state index in [0.29, 0.717) is 12.8 Å². The van der Waals surface area contributed by atoms with Crippen molar-refractivity contribution in [3.8, 4) is 0 Å². The van der Waals surface area contributed by atoms with Crippen LogP contribution in [0.5, 0.6) is 0 Å². The van der Waals surface area contributed by atoms with Gasteiger partial charge in [-0.1, -0.05) is 41.7 Å². The first-order valence-corrected chi connectivity index (χ1v) is 6.59. The van der Waals surface area contributed by atoms with Crippen molar-refractivity contribution in [2.45, 2.75) is 19.8 Å². The van der Waals surface area contributed by atoms with Gasteiger partial charge in [0, 0.05) is 5.69 Å². The van der Waals surface area contributed by atoms with E-state index in [9.17, 15) is 9.18 Å². The average molecular weight is 322 g/mol. The molecule has 8 heteroatoms. The molecule has 110 valence electrons. The molecule has 0 aliphatic heterocycles. The van der Waals surface area contributed by atoms with E-state index in [-0.39, 0.29) is 21.6 Å². The summed E-state index contributed by atoms with van der Waals surface area (Å²) >= 11 is 11.3. The predicted molar refractivity (Wildman–Crippen MR) is 76.9 cm³/mol. The van der Waals surface area contributed by atoms with Crippen molar-refractivity contribution in [2.24, 2.45) is 16.8 Å². The molecular formula is C12H14Cl2FN3O2. The maximum Gasteiger partial charge on any atom is 0.235 e. The number of hydrogen-bond donors (Lipinski definition) is 3. The molecule has 0 aliphatic carbocycles. The van der Waals surface area contributed by atoms with Crippen LogP contribution in [0, 0.1) is 11.7 Å². The summed E-state index contributed by atoms with van der Waals surface area (Å²) in [5.74, 6) is -2.22. The zero-order valence-corrected chi connectivity index (χ0v) is 12.2. The molecule has 1 rings (SSSR count). The highest BCUT2D eigenvalue weighted by Gasteiger charge is 2.23. The normalized spacial score (nSPS) is 13.1. The zero-order valence-electron chi connectivity index (χ0n) is 10.7. The first-order chi connectivity index (χ1) is 9.40. The second-order valence-electron chi connectivity index (χ2n) is 4.11. The highest BCUT2D eigenvalue weighted by atomic mass is 35.5. The minimum absolute atomic E-state index is 0.191. The SMILES string of the molecule is CCCC(C(=O)Nc1cc(Cl)c(F)c(Cl)c1)/C(N)=N/O. The predicted octanol–water partition coefficient (Wildman–Crippen LogP) is 3.23. The molecule has 4 N–H and O–H groups in total. The van der Waals surface area contributed by atoms with Crippen LogP contribution < -0.4 is 11.1 Å². The Morgan fingerprint density at radius 3 is 2.50 bits per heavy atom. The Kier molecular flexibility index (Phi) is 6.04. The van der Waals surface area contributed by atoms with Crippen molar-refractivity contribution in [3.05, 3.63) is 28.0 Å². The van der Waals surface area contributed by atoms with Crippen LogP contribution in [0.1, 0.15) is 19.8 Å². The Hall–Kier alpha value is -1.53. The summed E-state index contributed by atoms with van der Waals surface area (Å²) in [4.78, 5) is 12.0. The lowest BCUT2D eigenvalue weighted by molar-refractivity contribution is -0.118. The van der Waals surface area contributed by atoms with Gasteiger partial charge in [0.25, 0.3) is 0 Å². The number of nitrogens with one attached hydrogen (secondary N) is 1. The number of oxime groups is 1. The van der Waals surface area contributed by atoms with Crippen molar-refractivity contribution in [3.63, 3.8) is 0 Å². The van der Waals surface area contributed by atoms with Gasteiger partial charge in [0.2, 0.25) is 5.91 Å². The van der Waals surface area contributed by atoms with E-state index in [4.69, 9.17) is 34.1 Å². The maximum atomic E-state index is 13.3. The largest absolute Gasteiger partial charge is 0.409 e. The van der Waals surface area contributed by atoms with E-state index in [0.717, 1.165) is 0 Å². The number of benzene rings is 1. The van der Waals surface area contributed by atoms with Crippen molar-refractivity contribution in [1.29, 1.82) is 0 Å². The zero-order chi connectivity index (χ0) is 15.3. The number of halogens is 3. The number of hydrogen-bond acceptors (Lipinski definition) is 3. The van der Waals surface area contributed by atoms with Gasteiger partial charge in [0.05, 0.1) is 16.0 Å². The molecule has 1 atom stereocenters. The highest BCUT2D eigenvalue weighted by Crippen LogP contribution is 2.27. The summed E-state index contributed by atoms with van der Waals surface area (Å²) in [5, 5.41) is 13.6. The summed E-state index contributed by atoms with van der Waals surface area (Å²) in [7, 11) is 0. The van der Waals surface area contributed by atoms with Gasteiger partial charge in [-0.3, -0.25) is 4.79 Å². The molecule has 0 aliphatic rings. The number of carbonyl (C=O) groups is 1. The highest BCUT2D eigenvalue weighted by molar-refractivity contribution is 6.35. The fourth-order valence-electron chi connectivity index (χ4n) is 1.63. The number of carbonyl (C=O) groups excluding carboxylic acids is 1. The van der Waals surface area contributed by atoms with Crippen LogP contribution in [0.3, 0.4) is 0 Å². The van der Waals surface area contributed by atoms with Crippen LogP contribution >= 0.6 is 23.2 Å². The van der Waals surface area contributed by atoms with Gasteiger partial charge in [-0.15, -0.1) is 0 Å². The summed E-state index contributed by atoms with van der Waals surface area (Å²) in [6.07, 6.45) is 1.07. The third-order valence-corrected chi connectivity index (χ3v) is 3.17. The molecule has 1 unspecified atom stereocenters. The van der Waals surface area contributed by atoms with E-state index in [1.54, 1.807) is 0 Å². The first-order valence-electron chi connectivity index (χ1n) is 5.83. The molecule has 1 aromatic carbocycles. The molecule has 0 saturated carbocycles. The van der Waals surface area contributed by atoms with Crippen LogP contribution in [0.2, 0.25) is 10.0 Å². The molecule has 0 radical (unpaired) electrons. The van der Waals surface area contributed by atoms with Gasteiger partial charge < -0.3 is 16.3 Å². The monoisotopic (exact) mass is 321 g/mol. The van der Waals surface area contributed by atoms with E-state index in [2.05, 4.69) is 10.5 Å². The van der Waals surface area contributed by atoms with E-state index >= 15 is 0 Å². The van der Waals surface area contributed by atoms with Gasteiger partial charge >= 0.3 is 0 Å². The minimum Gasteiger partial charge on any atom is -0.409 e. The number of rotatable bonds is 5. The molecule has 0 aromatic heterocycles. The number of nitrogens with zero attached hydrogens (tertiary/aromatic N) is 1. The van der Waals surface area contributed by atoms with Crippen LogP contribution in [0.15, 0.2) is 17.3 Å². The molecule has 5 nitrogen and oxygen atoms in total. The Morgan fingerprint density at radius 2 is 2.05 bits per heavy atom. The molecule has 0 fully saturated rings. The average Bonchev–Trinajstić information content (AvgIpc) is 2.41. The Morgan fingerprint density at radius 1 is 1.50 bits per heavy atom. The number of anilines is 1. The quantitative estimate of drug-likeness (QED) is 0.256. The van der Waals surface area contributed by atoms with E-state index in [1.807, 2.05) is 6.92 Å². The molecular weight excluding hydrogens is 308 g/mol. The van der Waals surface area contributed by atoms with Gasteiger partial charge in [-0.05, 0) is 18.6 Å². The fraction of sp³-hybridized carbons (Fsp3) is 0.333. The van der Waals surface area contributed by atoms with Crippen LogP contribution in [0.25, 0.3) is 0 Å². The standard InChI is InChI=1S/C12H14Cl2FN3O2/c1-2-3-7(11(16)18-20)12(19)17-6-4-8(13)10(15)9(14)5-6/h4-5,7,20H,2-3H2,1H3,(H2,16,18)(H,17,19). The van der Waals surface area contributed by atoms with Crippen LogP contribution in [-0.4, -0.2) is 17.0 Å². The fourth-order valence-corrected chi connectivity index (χ4v) is 2.12. The topological polar surface area (TPSA) is 87.7 Å². The van der Waals surface area contributed by atoms with Crippen molar-refractivity contribution in [2.75, 3.05) is 5.32 Å². The summed E-state index contributed by atoms with van der Waals surface area (Å²) in [6, 6.07) is 2.46.